The second-order valence-electron chi connectivity index (χ2n) is 4.84. The third-order valence-electron chi connectivity index (χ3n) is 2.99. The zero-order chi connectivity index (χ0) is 15.1. The number of benzene rings is 1. The predicted molar refractivity (Wildman–Crippen MR) is 80.1 cm³/mol. The Morgan fingerprint density at radius 2 is 2.24 bits per heavy atom. The maximum atomic E-state index is 11.6. The van der Waals surface area contributed by atoms with Gasteiger partial charge in [0, 0.05) is 18.5 Å². The minimum absolute atomic E-state index is 0.0847. The van der Waals surface area contributed by atoms with E-state index in [-0.39, 0.29) is 12.3 Å². The zero-order valence-electron chi connectivity index (χ0n) is 11.9. The van der Waals surface area contributed by atoms with Crippen molar-refractivity contribution < 1.29 is 9.32 Å². The highest BCUT2D eigenvalue weighted by molar-refractivity contribution is 6.30. The molecule has 0 spiro atoms. The number of carbonyl (C=O) groups excluding carboxylic acids is 1. The fourth-order valence-corrected chi connectivity index (χ4v) is 2.21. The summed E-state index contributed by atoms with van der Waals surface area (Å²) in [6.45, 7) is 2.35. The van der Waals surface area contributed by atoms with E-state index in [0.717, 1.165) is 24.3 Å². The first-order chi connectivity index (χ1) is 10.1. The highest BCUT2D eigenvalue weighted by Crippen LogP contribution is 2.12. The van der Waals surface area contributed by atoms with Crippen LogP contribution in [0.1, 0.15) is 30.1 Å². The summed E-state index contributed by atoms with van der Waals surface area (Å²) < 4.78 is 4.82. The highest BCUT2D eigenvalue weighted by Gasteiger charge is 2.08. The molecule has 1 heterocycles. The molecule has 21 heavy (non-hydrogen) atoms. The minimum Gasteiger partial charge on any atom is -0.356 e. The molecular formula is C15H18ClN3O2. The van der Waals surface area contributed by atoms with E-state index in [0.29, 0.717) is 18.3 Å². The van der Waals surface area contributed by atoms with Crippen molar-refractivity contribution in [3.05, 3.63) is 46.6 Å². The lowest BCUT2D eigenvalue weighted by molar-refractivity contribution is -0.120. The van der Waals surface area contributed by atoms with E-state index in [1.807, 2.05) is 18.2 Å². The predicted octanol–water partition coefficient (Wildman–Crippen LogP) is 2.71. The number of aryl methyl sites for hydroxylation is 2. The summed E-state index contributed by atoms with van der Waals surface area (Å²) in [6.07, 6.45) is 3.04. The van der Waals surface area contributed by atoms with Crippen LogP contribution in [0.2, 0.25) is 5.02 Å². The van der Waals surface area contributed by atoms with Crippen molar-refractivity contribution in [1.82, 2.24) is 15.5 Å². The minimum atomic E-state index is -0.0847. The molecule has 0 atom stereocenters. The van der Waals surface area contributed by atoms with Crippen molar-refractivity contribution in [3.63, 3.8) is 0 Å². The molecule has 0 aliphatic rings. The van der Waals surface area contributed by atoms with Crippen molar-refractivity contribution in [1.29, 1.82) is 0 Å². The van der Waals surface area contributed by atoms with Gasteiger partial charge >= 0.3 is 0 Å². The van der Waals surface area contributed by atoms with Gasteiger partial charge < -0.3 is 9.84 Å². The summed E-state index contributed by atoms with van der Waals surface area (Å²) >= 11 is 5.93. The Labute approximate surface area is 128 Å². The number of nitrogens with zero attached hydrogens (tertiary/aromatic N) is 2. The van der Waals surface area contributed by atoms with Crippen molar-refractivity contribution in [2.45, 2.75) is 32.6 Å². The molecule has 2 aromatic rings. The van der Waals surface area contributed by atoms with Crippen molar-refractivity contribution in [2.24, 2.45) is 0 Å². The van der Waals surface area contributed by atoms with Crippen molar-refractivity contribution in [2.75, 3.05) is 6.54 Å². The molecule has 0 saturated carbocycles. The Balaban J connectivity index is 1.60. The molecule has 1 aromatic carbocycles. The zero-order valence-corrected chi connectivity index (χ0v) is 12.7. The summed E-state index contributed by atoms with van der Waals surface area (Å²) in [5.41, 5.74) is 1.22. The van der Waals surface area contributed by atoms with Crippen LogP contribution in [0.15, 0.2) is 28.8 Å². The second-order valence-corrected chi connectivity index (χ2v) is 5.28. The van der Waals surface area contributed by atoms with Crippen LogP contribution in [0.4, 0.5) is 0 Å². The van der Waals surface area contributed by atoms with Gasteiger partial charge in [0.25, 0.3) is 0 Å². The molecule has 0 aliphatic heterocycles. The Bertz CT molecular complexity index is 598. The molecule has 0 saturated heterocycles. The van der Waals surface area contributed by atoms with E-state index in [4.69, 9.17) is 16.1 Å². The van der Waals surface area contributed by atoms with Gasteiger partial charge in [-0.3, -0.25) is 4.79 Å². The largest absolute Gasteiger partial charge is 0.356 e. The number of halogens is 1. The number of hydrogen-bond donors (Lipinski definition) is 1. The lowest BCUT2D eigenvalue weighted by Crippen LogP contribution is -2.26. The molecule has 112 valence electrons. The van der Waals surface area contributed by atoms with Gasteiger partial charge in [0.05, 0.1) is 6.42 Å². The van der Waals surface area contributed by atoms with Crippen molar-refractivity contribution in [3.8, 4) is 0 Å². The smallest absolute Gasteiger partial charge is 0.227 e. The third-order valence-corrected chi connectivity index (χ3v) is 3.23. The normalized spacial score (nSPS) is 10.6. The topological polar surface area (TPSA) is 68.0 Å². The number of amides is 1. The van der Waals surface area contributed by atoms with Gasteiger partial charge in [0.15, 0.2) is 5.82 Å². The molecular weight excluding hydrogens is 290 g/mol. The van der Waals surface area contributed by atoms with E-state index < -0.39 is 0 Å². The molecule has 0 unspecified atom stereocenters. The van der Waals surface area contributed by atoms with Crippen LogP contribution in [-0.4, -0.2) is 22.6 Å². The van der Waals surface area contributed by atoms with Gasteiger partial charge in [-0.2, -0.15) is 4.98 Å². The van der Waals surface area contributed by atoms with E-state index in [9.17, 15) is 4.79 Å². The van der Waals surface area contributed by atoms with E-state index >= 15 is 0 Å². The quantitative estimate of drug-likeness (QED) is 0.799. The van der Waals surface area contributed by atoms with Gasteiger partial charge in [-0.15, -0.1) is 0 Å². The first kappa shape index (κ1) is 15.5. The van der Waals surface area contributed by atoms with Gasteiger partial charge in [0.2, 0.25) is 11.8 Å². The lowest BCUT2D eigenvalue weighted by atomic mass is 10.1. The fourth-order valence-electron chi connectivity index (χ4n) is 1.99. The number of rotatable bonds is 7. The molecule has 1 amide bonds. The third kappa shape index (κ3) is 5.55. The van der Waals surface area contributed by atoms with E-state index in [1.165, 1.54) is 5.56 Å². The van der Waals surface area contributed by atoms with Gasteiger partial charge in [-0.1, -0.05) is 28.9 Å². The number of hydrogen-bond acceptors (Lipinski definition) is 4. The average Bonchev–Trinajstić information content (AvgIpc) is 2.84. The number of aromatic nitrogens is 2. The Hall–Kier alpha value is -1.88. The molecule has 0 aliphatic carbocycles. The van der Waals surface area contributed by atoms with E-state index in [1.54, 1.807) is 6.92 Å². The van der Waals surface area contributed by atoms with E-state index in [2.05, 4.69) is 21.5 Å². The van der Waals surface area contributed by atoms with Crippen LogP contribution in [-0.2, 0) is 17.6 Å². The first-order valence-corrected chi connectivity index (χ1v) is 7.31. The van der Waals surface area contributed by atoms with Crippen LogP contribution in [0.3, 0.4) is 0 Å². The molecule has 0 fully saturated rings. The molecule has 1 aromatic heterocycles. The molecule has 6 heteroatoms. The van der Waals surface area contributed by atoms with Crippen LogP contribution < -0.4 is 5.32 Å². The summed E-state index contributed by atoms with van der Waals surface area (Å²) in [5.74, 6) is 0.807. The monoisotopic (exact) mass is 307 g/mol. The van der Waals surface area contributed by atoms with Crippen LogP contribution >= 0.6 is 11.6 Å². The summed E-state index contributed by atoms with van der Waals surface area (Å²) in [7, 11) is 0. The molecule has 0 bridgehead atoms. The average molecular weight is 308 g/mol. The first-order valence-electron chi connectivity index (χ1n) is 6.94. The summed E-state index contributed by atoms with van der Waals surface area (Å²) in [6, 6.07) is 7.85. The molecule has 2 rings (SSSR count). The lowest BCUT2D eigenvalue weighted by Gasteiger charge is -2.04. The van der Waals surface area contributed by atoms with Crippen LogP contribution in [0.5, 0.6) is 0 Å². The van der Waals surface area contributed by atoms with Gasteiger partial charge in [-0.25, -0.2) is 0 Å². The van der Waals surface area contributed by atoms with Gasteiger partial charge in [0.1, 0.15) is 0 Å². The number of carbonyl (C=O) groups is 1. The fraction of sp³-hybridized carbons (Fsp3) is 0.400. The Morgan fingerprint density at radius 3 is 2.95 bits per heavy atom. The van der Waals surface area contributed by atoms with Crippen LogP contribution in [0, 0.1) is 6.92 Å². The number of nitrogens with one attached hydrogen (secondary N) is 1. The molecule has 5 nitrogen and oxygen atoms in total. The maximum absolute atomic E-state index is 11.6. The molecule has 1 N–H and O–H groups in total. The SMILES string of the molecule is Cc1nc(CC(=O)NCCCCc2cccc(Cl)c2)no1. The second kappa shape index (κ2) is 7.78. The van der Waals surface area contributed by atoms with Crippen LogP contribution in [0.25, 0.3) is 0 Å². The molecule has 0 radical (unpaired) electrons. The number of unbranched alkanes of at least 4 members (excludes halogenated alkanes) is 1. The Kier molecular flexibility index (Phi) is 5.75. The van der Waals surface area contributed by atoms with Gasteiger partial charge in [-0.05, 0) is 37.0 Å². The standard InChI is InChI=1S/C15H18ClN3O2/c1-11-18-14(19-21-11)10-15(20)17-8-3-2-5-12-6-4-7-13(16)9-12/h4,6-7,9H,2-3,5,8,10H2,1H3,(H,17,20). The van der Waals surface area contributed by atoms with Crippen molar-refractivity contribution >= 4 is 17.5 Å². The summed E-state index contributed by atoms with van der Waals surface area (Å²) in [5, 5.41) is 7.30. The maximum Gasteiger partial charge on any atom is 0.227 e. The Morgan fingerprint density at radius 1 is 1.38 bits per heavy atom. The summed E-state index contributed by atoms with van der Waals surface area (Å²) in [4.78, 5) is 15.6. The highest BCUT2D eigenvalue weighted by atomic mass is 35.5.